The van der Waals surface area contributed by atoms with E-state index in [0.29, 0.717) is 38.9 Å². The lowest BCUT2D eigenvalue weighted by atomic mass is 9.82. The molecule has 2 saturated heterocycles. The molecule has 0 spiro atoms. The molecule has 4 heterocycles. The van der Waals surface area contributed by atoms with Crippen molar-refractivity contribution in [1.29, 1.82) is 0 Å². The predicted octanol–water partition coefficient (Wildman–Crippen LogP) is 1.73. The van der Waals surface area contributed by atoms with E-state index < -0.39 is 0 Å². The molecule has 0 aromatic carbocycles. The highest BCUT2D eigenvalue weighted by atomic mass is 16.5. The Balaban J connectivity index is 1.42. The Morgan fingerprint density at radius 3 is 3.00 bits per heavy atom. The topological polar surface area (TPSA) is 56.6 Å². The number of likely N-dealkylation sites (tertiary alicyclic amines) is 1. The molecule has 0 N–H and O–H groups in total. The molecule has 6 nitrogen and oxygen atoms in total. The molecule has 2 aromatic heterocycles. The summed E-state index contributed by atoms with van der Waals surface area (Å²) in [7, 11) is 1.90. The molecule has 2 fully saturated rings. The van der Waals surface area contributed by atoms with Crippen molar-refractivity contribution in [2.75, 3.05) is 32.9 Å². The largest absolute Gasteiger partial charge is 0.380 e. The number of nitrogens with zero attached hydrogens (tertiary/aromatic N) is 3. The van der Waals surface area contributed by atoms with Crippen molar-refractivity contribution in [2.45, 2.75) is 6.61 Å². The van der Waals surface area contributed by atoms with E-state index in [1.807, 2.05) is 47.0 Å². The second-order valence-electron chi connectivity index (χ2n) is 7.11. The Morgan fingerprint density at radius 2 is 2.24 bits per heavy atom. The molecule has 2 atom stereocenters. The van der Waals surface area contributed by atoms with Crippen molar-refractivity contribution in [3.63, 3.8) is 0 Å². The highest BCUT2D eigenvalue weighted by molar-refractivity contribution is 5.93. The Bertz CT molecular complexity index is 745. The van der Waals surface area contributed by atoms with Crippen LogP contribution in [0.2, 0.25) is 0 Å². The van der Waals surface area contributed by atoms with E-state index in [4.69, 9.17) is 9.47 Å². The van der Waals surface area contributed by atoms with Crippen LogP contribution in [0.3, 0.4) is 0 Å². The fourth-order valence-electron chi connectivity index (χ4n) is 3.89. The summed E-state index contributed by atoms with van der Waals surface area (Å²) in [6.07, 6.45) is 5.45. The van der Waals surface area contributed by atoms with Gasteiger partial charge in [0.25, 0.3) is 5.91 Å². The number of fused-ring (bicyclic) bond motifs is 1. The molecule has 2 aromatic rings. The first-order chi connectivity index (χ1) is 12.2. The number of hydrogen-bond acceptors (Lipinski definition) is 4. The Kier molecular flexibility index (Phi) is 4.31. The molecule has 2 aliphatic rings. The van der Waals surface area contributed by atoms with Gasteiger partial charge in [0.1, 0.15) is 5.69 Å². The van der Waals surface area contributed by atoms with Crippen LogP contribution in [-0.4, -0.2) is 53.3 Å². The number of pyridine rings is 1. The normalized spacial score (nSPS) is 25.3. The van der Waals surface area contributed by atoms with Gasteiger partial charge in [0, 0.05) is 50.1 Å². The van der Waals surface area contributed by atoms with E-state index in [1.54, 1.807) is 12.4 Å². The molecular weight excluding hydrogens is 318 g/mol. The molecule has 0 bridgehead atoms. The first-order valence-corrected chi connectivity index (χ1v) is 8.63. The molecule has 0 unspecified atom stereocenters. The van der Waals surface area contributed by atoms with Gasteiger partial charge in [-0.05, 0) is 29.8 Å². The molecule has 25 heavy (non-hydrogen) atoms. The Morgan fingerprint density at radius 1 is 1.40 bits per heavy atom. The van der Waals surface area contributed by atoms with Gasteiger partial charge in [0.05, 0.1) is 26.4 Å². The minimum atomic E-state index is -0.0894. The van der Waals surface area contributed by atoms with E-state index in [0.717, 1.165) is 17.8 Å². The lowest BCUT2D eigenvalue weighted by molar-refractivity contribution is 0.0185. The fraction of sp³-hybridized carbons (Fsp3) is 0.474. The molecule has 132 valence electrons. The quantitative estimate of drug-likeness (QED) is 0.831. The molecule has 0 radical (unpaired) electrons. The minimum absolute atomic E-state index is 0.0894. The molecule has 4 rings (SSSR count). The van der Waals surface area contributed by atoms with E-state index in [-0.39, 0.29) is 11.3 Å². The van der Waals surface area contributed by atoms with Crippen LogP contribution < -0.4 is 0 Å². The number of amides is 1. The standard InChI is InChI=1S/C19H23N3O3/c1-21-8-2-3-17(21)18(23)22-9-16-11-25-14-19(16,12-22)13-24-10-15-4-6-20-7-5-15/h2-8,16H,9-14H2,1H3/t16-,19-/m1/s1. The third-order valence-electron chi connectivity index (χ3n) is 5.38. The van der Waals surface area contributed by atoms with E-state index in [9.17, 15) is 4.79 Å². The van der Waals surface area contributed by atoms with Gasteiger partial charge in [-0.2, -0.15) is 0 Å². The minimum Gasteiger partial charge on any atom is -0.380 e. The van der Waals surface area contributed by atoms with E-state index in [1.165, 1.54) is 0 Å². The highest BCUT2D eigenvalue weighted by Gasteiger charge is 2.52. The summed E-state index contributed by atoms with van der Waals surface area (Å²) in [6.45, 7) is 3.96. The molecule has 0 aliphatic carbocycles. The van der Waals surface area contributed by atoms with Crippen LogP contribution in [-0.2, 0) is 23.1 Å². The summed E-state index contributed by atoms with van der Waals surface area (Å²) in [4.78, 5) is 18.8. The molecule has 0 saturated carbocycles. The van der Waals surface area contributed by atoms with Crippen molar-refractivity contribution in [3.05, 3.63) is 54.1 Å². The van der Waals surface area contributed by atoms with Crippen LogP contribution in [0.4, 0.5) is 0 Å². The van der Waals surface area contributed by atoms with Gasteiger partial charge in [-0.1, -0.05) is 0 Å². The van der Waals surface area contributed by atoms with Gasteiger partial charge >= 0.3 is 0 Å². The number of carbonyl (C=O) groups excluding carboxylic acids is 1. The van der Waals surface area contributed by atoms with E-state index >= 15 is 0 Å². The monoisotopic (exact) mass is 341 g/mol. The summed E-state index contributed by atoms with van der Waals surface area (Å²) in [5.74, 6) is 0.435. The second kappa shape index (κ2) is 6.61. The molecule has 2 aliphatic heterocycles. The van der Waals surface area contributed by atoms with Gasteiger partial charge in [-0.3, -0.25) is 9.78 Å². The van der Waals surface area contributed by atoms with Crippen molar-refractivity contribution in [2.24, 2.45) is 18.4 Å². The highest BCUT2D eigenvalue weighted by Crippen LogP contribution is 2.42. The van der Waals surface area contributed by atoms with Crippen LogP contribution in [0.25, 0.3) is 0 Å². The number of aromatic nitrogens is 2. The summed E-state index contributed by atoms with van der Waals surface area (Å²) in [5.41, 5.74) is 1.75. The average molecular weight is 341 g/mol. The van der Waals surface area contributed by atoms with Crippen molar-refractivity contribution < 1.29 is 14.3 Å². The van der Waals surface area contributed by atoms with Crippen LogP contribution >= 0.6 is 0 Å². The number of hydrogen-bond donors (Lipinski definition) is 0. The number of ether oxygens (including phenoxy) is 2. The molecule has 1 amide bonds. The maximum atomic E-state index is 12.8. The second-order valence-corrected chi connectivity index (χ2v) is 7.11. The fourth-order valence-corrected chi connectivity index (χ4v) is 3.89. The zero-order valence-electron chi connectivity index (χ0n) is 14.4. The third kappa shape index (κ3) is 3.07. The zero-order chi connectivity index (χ0) is 17.3. The van der Waals surface area contributed by atoms with Crippen LogP contribution in [0, 0.1) is 11.3 Å². The smallest absolute Gasteiger partial charge is 0.270 e. The van der Waals surface area contributed by atoms with Crippen LogP contribution in [0.1, 0.15) is 16.1 Å². The maximum absolute atomic E-state index is 12.8. The van der Waals surface area contributed by atoms with Crippen molar-refractivity contribution in [3.8, 4) is 0 Å². The zero-order valence-corrected chi connectivity index (χ0v) is 14.4. The first-order valence-electron chi connectivity index (χ1n) is 8.63. The summed E-state index contributed by atoms with van der Waals surface area (Å²) in [5, 5.41) is 0. The Hall–Kier alpha value is -2.18. The van der Waals surface area contributed by atoms with Crippen molar-refractivity contribution >= 4 is 5.91 Å². The number of aryl methyl sites for hydroxylation is 1. The lowest BCUT2D eigenvalue weighted by Crippen LogP contribution is -2.37. The SMILES string of the molecule is Cn1cccc1C(=O)N1C[C@@H]2COC[C@]2(COCc2ccncc2)C1. The van der Waals surface area contributed by atoms with Gasteiger partial charge < -0.3 is 18.9 Å². The Labute approximate surface area is 147 Å². The van der Waals surface area contributed by atoms with Crippen LogP contribution in [0.15, 0.2) is 42.9 Å². The van der Waals surface area contributed by atoms with Gasteiger partial charge in [-0.25, -0.2) is 0 Å². The predicted molar refractivity (Wildman–Crippen MR) is 92.0 cm³/mol. The lowest BCUT2D eigenvalue weighted by Gasteiger charge is -2.27. The molecular formula is C19H23N3O3. The third-order valence-corrected chi connectivity index (χ3v) is 5.38. The van der Waals surface area contributed by atoms with Gasteiger partial charge in [0.15, 0.2) is 0 Å². The molecule has 6 heteroatoms. The number of rotatable bonds is 5. The van der Waals surface area contributed by atoms with Crippen LogP contribution in [0.5, 0.6) is 0 Å². The van der Waals surface area contributed by atoms with Crippen molar-refractivity contribution in [1.82, 2.24) is 14.5 Å². The summed E-state index contributed by atoms with van der Waals surface area (Å²) in [6, 6.07) is 7.70. The van der Waals surface area contributed by atoms with E-state index in [2.05, 4.69) is 4.98 Å². The summed E-state index contributed by atoms with van der Waals surface area (Å²) < 4.78 is 13.6. The van der Waals surface area contributed by atoms with Gasteiger partial charge in [-0.15, -0.1) is 0 Å². The number of carbonyl (C=O) groups is 1. The average Bonchev–Trinajstić information content (AvgIpc) is 3.29. The first kappa shape index (κ1) is 16.3. The summed E-state index contributed by atoms with van der Waals surface area (Å²) >= 11 is 0. The maximum Gasteiger partial charge on any atom is 0.270 e. The van der Waals surface area contributed by atoms with Gasteiger partial charge in [0.2, 0.25) is 0 Å².